The van der Waals surface area contributed by atoms with E-state index in [1.165, 1.54) is 17.2 Å². The van der Waals surface area contributed by atoms with Crippen LogP contribution in [0.2, 0.25) is 0 Å². The standard InChI is InChI=1S/C41H52FN7O4/c1-6-21-46-22-24-47(25-23-46)26-27-52-36-17-16-33(29-35(36)42)44-40-43-20-19-37(45-40)49(41(51)53-39-30(4)11-9-12-31(39)5)34-14-10-13-32(28-34)15-18-38(50)48(7-2)8-3/h9-14,16-17,19-20,28-29H,6-8,15,18,21-27H2,1-5H3,(H,43,44,45). The van der Waals surface area contributed by atoms with E-state index < -0.39 is 11.9 Å². The summed E-state index contributed by atoms with van der Waals surface area (Å²) in [6.45, 7) is 17.5. The van der Waals surface area contributed by atoms with Gasteiger partial charge in [0.2, 0.25) is 11.9 Å². The van der Waals surface area contributed by atoms with Gasteiger partial charge in [-0.2, -0.15) is 4.98 Å². The zero-order valence-electron chi connectivity index (χ0n) is 31.6. The lowest BCUT2D eigenvalue weighted by Crippen LogP contribution is -2.47. The van der Waals surface area contributed by atoms with E-state index in [1.54, 1.807) is 29.2 Å². The number of benzene rings is 3. The van der Waals surface area contributed by atoms with E-state index in [4.69, 9.17) is 9.47 Å². The number of carbonyl (C=O) groups excluding carboxylic acids is 2. The van der Waals surface area contributed by atoms with Gasteiger partial charge in [-0.25, -0.2) is 19.1 Å². The summed E-state index contributed by atoms with van der Waals surface area (Å²) in [7, 11) is 0. The van der Waals surface area contributed by atoms with Crippen LogP contribution in [0.1, 0.15) is 50.3 Å². The number of hydrogen-bond acceptors (Lipinski definition) is 9. The summed E-state index contributed by atoms with van der Waals surface area (Å²) in [6.07, 6.45) is 2.85. The SMILES string of the molecule is CCCN1CCN(CCOc2ccc(Nc3nccc(N(C(=O)Oc4c(C)cccc4C)c4cccc(CCC(=O)N(CC)CC)c4)n3)cc2F)CC1. The van der Waals surface area contributed by atoms with E-state index in [2.05, 4.69) is 32.0 Å². The average Bonchev–Trinajstić information content (AvgIpc) is 3.15. The Kier molecular flexibility index (Phi) is 14.1. The van der Waals surface area contributed by atoms with Crippen molar-refractivity contribution < 1.29 is 23.5 Å². The molecule has 53 heavy (non-hydrogen) atoms. The van der Waals surface area contributed by atoms with Crippen molar-refractivity contribution in [3.63, 3.8) is 0 Å². The lowest BCUT2D eigenvalue weighted by Gasteiger charge is -2.34. The molecule has 2 amide bonds. The van der Waals surface area contributed by atoms with Crippen LogP contribution in [0.4, 0.5) is 32.3 Å². The number of amides is 2. The highest BCUT2D eigenvalue weighted by Crippen LogP contribution is 2.30. The predicted molar refractivity (Wildman–Crippen MR) is 207 cm³/mol. The minimum Gasteiger partial charge on any atom is -0.489 e. The topological polar surface area (TPSA) is 103 Å². The van der Waals surface area contributed by atoms with Crippen LogP contribution < -0.4 is 19.7 Å². The molecule has 2 heterocycles. The van der Waals surface area contributed by atoms with E-state index in [0.29, 0.717) is 49.7 Å². The molecule has 1 aliphatic heterocycles. The molecular weight excluding hydrogens is 673 g/mol. The molecule has 1 N–H and O–H groups in total. The summed E-state index contributed by atoms with van der Waals surface area (Å²) in [5, 5.41) is 3.06. The zero-order chi connectivity index (χ0) is 37.7. The molecule has 0 bridgehead atoms. The van der Waals surface area contributed by atoms with Crippen molar-refractivity contribution in [2.75, 3.05) is 69.2 Å². The van der Waals surface area contributed by atoms with E-state index in [0.717, 1.165) is 62.4 Å². The first-order valence-electron chi connectivity index (χ1n) is 18.6. The van der Waals surface area contributed by atoms with Gasteiger partial charge in [-0.05, 0) is 88.0 Å². The van der Waals surface area contributed by atoms with Gasteiger partial charge < -0.3 is 24.6 Å². The third kappa shape index (κ3) is 10.7. The molecule has 1 saturated heterocycles. The van der Waals surface area contributed by atoms with Crippen molar-refractivity contribution in [3.8, 4) is 11.5 Å². The second-order valence-corrected chi connectivity index (χ2v) is 13.2. The molecule has 11 nitrogen and oxygen atoms in total. The number of nitrogens with zero attached hydrogens (tertiary/aromatic N) is 6. The number of aryl methyl sites for hydroxylation is 3. The first-order valence-corrected chi connectivity index (χ1v) is 18.6. The fourth-order valence-electron chi connectivity index (χ4n) is 6.46. The van der Waals surface area contributed by atoms with Gasteiger partial charge in [0.1, 0.15) is 18.2 Å². The predicted octanol–water partition coefficient (Wildman–Crippen LogP) is 7.52. The molecule has 1 aromatic heterocycles. The van der Waals surface area contributed by atoms with E-state index in [-0.39, 0.29) is 23.4 Å². The van der Waals surface area contributed by atoms with Crippen LogP contribution in [0.3, 0.4) is 0 Å². The van der Waals surface area contributed by atoms with Gasteiger partial charge in [0.15, 0.2) is 11.6 Å². The van der Waals surface area contributed by atoms with E-state index >= 15 is 4.39 Å². The van der Waals surface area contributed by atoms with E-state index in [1.807, 2.05) is 64.1 Å². The average molecular weight is 726 g/mol. The van der Waals surface area contributed by atoms with Crippen LogP contribution >= 0.6 is 0 Å². The zero-order valence-corrected chi connectivity index (χ0v) is 31.6. The molecule has 0 atom stereocenters. The number of ether oxygens (including phenoxy) is 2. The summed E-state index contributed by atoms with van der Waals surface area (Å²) >= 11 is 0. The lowest BCUT2D eigenvalue weighted by molar-refractivity contribution is -0.130. The minimum atomic E-state index is -0.668. The Morgan fingerprint density at radius 1 is 0.887 bits per heavy atom. The molecular formula is C41H52FN7O4. The van der Waals surface area contributed by atoms with Gasteiger partial charge >= 0.3 is 6.09 Å². The van der Waals surface area contributed by atoms with Crippen LogP contribution in [-0.4, -0.2) is 95.6 Å². The molecule has 0 radical (unpaired) electrons. The number of nitrogens with one attached hydrogen (secondary N) is 1. The van der Waals surface area contributed by atoms with Crippen LogP contribution in [0.25, 0.3) is 0 Å². The van der Waals surface area contributed by atoms with Crippen molar-refractivity contribution in [2.45, 2.75) is 53.9 Å². The quantitative estimate of drug-likeness (QED) is 0.126. The largest absolute Gasteiger partial charge is 0.489 e. The van der Waals surface area contributed by atoms with Crippen LogP contribution in [0, 0.1) is 19.7 Å². The number of aromatic nitrogens is 2. The van der Waals surface area contributed by atoms with Gasteiger partial charge in [-0.15, -0.1) is 0 Å². The van der Waals surface area contributed by atoms with Gasteiger partial charge in [0.05, 0.1) is 5.69 Å². The Morgan fingerprint density at radius 2 is 1.58 bits per heavy atom. The summed E-state index contributed by atoms with van der Waals surface area (Å²) in [6, 6.07) is 19.3. The van der Waals surface area contributed by atoms with Gasteiger partial charge in [-0.3, -0.25) is 9.69 Å². The second-order valence-electron chi connectivity index (χ2n) is 13.2. The Labute approximate surface area is 312 Å². The normalized spacial score (nSPS) is 13.4. The fraction of sp³-hybridized carbons (Fsp3) is 0.415. The Bertz CT molecular complexity index is 1810. The molecule has 1 fully saturated rings. The Balaban J connectivity index is 1.31. The van der Waals surface area contributed by atoms with Crippen molar-refractivity contribution in [1.29, 1.82) is 0 Å². The fourth-order valence-corrected chi connectivity index (χ4v) is 6.46. The number of halogens is 1. The minimum absolute atomic E-state index is 0.0747. The molecule has 4 aromatic rings. The monoisotopic (exact) mass is 725 g/mol. The highest BCUT2D eigenvalue weighted by atomic mass is 19.1. The number of anilines is 4. The Hall–Kier alpha value is -5.07. The van der Waals surface area contributed by atoms with Crippen LogP contribution in [-0.2, 0) is 11.2 Å². The second kappa shape index (κ2) is 19.1. The maximum atomic E-state index is 15.2. The first kappa shape index (κ1) is 39.1. The maximum Gasteiger partial charge on any atom is 0.425 e. The molecule has 0 spiro atoms. The van der Waals surface area contributed by atoms with E-state index in [9.17, 15) is 9.59 Å². The maximum absolute atomic E-state index is 15.2. The molecule has 0 aliphatic carbocycles. The summed E-state index contributed by atoms with van der Waals surface area (Å²) < 4.78 is 27.0. The van der Waals surface area contributed by atoms with Gasteiger partial charge in [-0.1, -0.05) is 37.3 Å². The van der Waals surface area contributed by atoms with Gasteiger partial charge in [0.25, 0.3) is 0 Å². The molecule has 12 heteroatoms. The molecule has 1 aliphatic rings. The molecule has 0 unspecified atom stereocenters. The summed E-state index contributed by atoms with van der Waals surface area (Å²) in [5.41, 5.74) is 3.43. The third-order valence-corrected chi connectivity index (χ3v) is 9.42. The number of piperazine rings is 1. The molecule has 3 aromatic carbocycles. The smallest absolute Gasteiger partial charge is 0.425 e. The number of rotatable bonds is 16. The molecule has 0 saturated carbocycles. The summed E-state index contributed by atoms with van der Waals surface area (Å²) in [5.74, 6) is 0.603. The van der Waals surface area contributed by atoms with Crippen LogP contribution in [0.5, 0.6) is 11.5 Å². The number of para-hydroxylation sites is 1. The Morgan fingerprint density at radius 3 is 2.26 bits per heavy atom. The number of hydrogen-bond donors (Lipinski definition) is 1. The molecule has 5 rings (SSSR count). The molecule has 282 valence electrons. The number of carbonyl (C=O) groups is 2. The first-order chi connectivity index (χ1) is 25.7. The van der Waals surface area contributed by atoms with Crippen molar-refractivity contribution in [2.24, 2.45) is 0 Å². The highest BCUT2D eigenvalue weighted by Gasteiger charge is 2.25. The third-order valence-electron chi connectivity index (χ3n) is 9.42. The van der Waals surface area contributed by atoms with Crippen molar-refractivity contribution >= 4 is 35.1 Å². The van der Waals surface area contributed by atoms with Crippen molar-refractivity contribution in [1.82, 2.24) is 24.7 Å². The van der Waals surface area contributed by atoms with Crippen molar-refractivity contribution in [3.05, 3.63) is 95.4 Å². The van der Waals surface area contributed by atoms with Crippen LogP contribution in [0.15, 0.2) is 72.9 Å². The summed E-state index contributed by atoms with van der Waals surface area (Å²) in [4.78, 5) is 43.8. The lowest BCUT2D eigenvalue weighted by atomic mass is 10.1. The van der Waals surface area contributed by atoms with Gasteiger partial charge in [0, 0.05) is 76.3 Å². The highest BCUT2D eigenvalue weighted by molar-refractivity contribution is 5.96.